The second kappa shape index (κ2) is 34.0. The number of fused-ring (bicyclic) bond motifs is 3. The summed E-state index contributed by atoms with van der Waals surface area (Å²) in [5.41, 5.74) is 11.0. The lowest BCUT2D eigenvalue weighted by molar-refractivity contribution is -0.122. The number of phenolic OH excluding ortho intramolecular Hbond substituents is 3. The molecule has 3 aromatic heterocycles. The monoisotopic (exact) mass is 1410 g/mol. The Morgan fingerprint density at radius 2 is 0.854 bits per heavy atom. The van der Waals surface area contributed by atoms with Crippen LogP contribution in [0.4, 0.5) is 17.6 Å². The Hall–Kier alpha value is -11.2. The molecular weight excluding hydrogens is 1320 g/mol. The highest BCUT2D eigenvalue weighted by atomic mass is 19.2. The van der Waals surface area contributed by atoms with Gasteiger partial charge in [-0.2, -0.15) is 0 Å². The highest BCUT2D eigenvalue weighted by Gasteiger charge is 2.42. The molecule has 103 heavy (non-hydrogen) atoms. The third-order valence-corrected chi connectivity index (χ3v) is 19.8. The molecule has 9 aromatic rings. The number of nitrogens with zero attached hydrogens (tertiary/aromatic N) is 3. The molecule has 8 atom stereocenters. The molecule has 18 nitrogen and oxygen atoms in total. The Morgan fingerprint density at radius 3 is 1.30 bits per heavy atom. The quantitative estimate of drug-likeness (QED) is 0.0326. The van der Waals surface area contributed by atoms with E-state index < -0.39 is 11.6 Å². The molecule has 8 unspecified atom stereocenters. The predicted octanol–water partition coefficient (Wildman–Crippen LogP) is 14.5. The molecule has 0 radical (unpaired) electrons. The van der Waals surface area contributed by atoms with E-state index in [1.54, 1.807) is 85.6 Å². The first kappa shape index (κ1) is 74.5. The van der Waals surface area contributed by atoms with Gasteiger partial charge in [0.2, 0.25) is 35.0 Å². The topological polar surface area (TPSA) is 242 Å². The molecule has 0 saturated heterocycles. The van der Waals surface area contributed by atoms with E-state index in [2.05, 4.69) is 37.8 Å². The molecule has 0 saturated carbocycles. The fraction of sp³-hybridized carbons (Fsp3) is 0.309. The van der Waals surface area contributed by atoms with E-state index in [0.717, 1.165) is 61.3 Å². The number of methoxy groups -OCH3 is 6. The summed E-state index contributed by atoms with van der Waals surface area (Å²) in [6.45, 7) is 7.22. The summed E-state index contributed by atoms with van der Waals surface area (Å²) in [6.07, 6.45) is 12.2. The summed E-state index contributed by atoms with van der Waals surface area (Å²) in [6, 6.07) is 35.4. The number of pyridine rings is 3. The van der Waals surface area contributed by atoms with Crippen molar-refractivity contribution in [1.29, 1.82) is 0 Å². The van der Waals surface area contributed by atoms with Crippen molar-refractivity contribution in [2.45, 2.75) is 102 Å². The van der Waals surface area contributed by atoms with Gasteiger partial charge in [0.1, 0.15) is 11.6 Å². The summed E-state index contributed by atoms with van der Waals surface area (Å²) in [5, 5.41) is 39.5. The number of allylic oxidation sites excluding steroid dienone is 1. The lowest BCUT2D eigenvalue weighted by atomic mass is 9.83. The Bertz CT molecular complexity index is 4440. The zero-order valence-electron chi connectivity index (χ0n) is 58.7. The Kier molecular flexibility index (Phi) is 24.6. The highest BCUT2D eigenvalue weighted by Crippen LogP contribution is 2.54. The number of hydrogen-bond donors (Lipinski definition) is 6. The Labute approximate surface area is 596 Å². The third-order valence-electron chi connectivity index (χ3n) is 19.8. The maximum Gasteiger partial charge on any atom is 0.220 e. The van der Waals surface area contributed by atoms with E-state index in [-0.39, 0.29) is 125 Å². The van der Waals surface area contributed by atoms with E-state index in [9.17, 15) is 47.3 Å². The summed E-state index contributed by atoms with van der Waals surface area (Å²) in [5.74, 6) is -1.94. The Morgan fingerprint density at radius 1 is 0.437 bits per heavy atom. The maximum atomic E-state index is 14.3. The van der Waals surface area contributed by atoms with Crippen LogP contribution in [0.3, 0.4) is 0 Å². The number of hydrogen-bond acceptors (Lipinski definition) is 15. The third kappa shape index (κ3) is 17.6. The van der Waals surface area contributed by atoms with E-state index in [1.165, 1.54) is 73.0 Å². The fourth-order valence-electron chi connectivity index (χ4n) is 14.4. The van der Waals surface area contributed by atoms with Crippen LogP contribution in [-0.4, -0.2) is 90.7 Å². The van der Waals surface area contributed by atoms with Crippen molar-refractivity contribution < 1.29 is 75.7 Å². The van der Waals surface area contributed by atoms with E-state index in [1.807, 2.05) is 62.4 Å². The lowest BCUT2D eigenvalue weighted by Crippen LogP contribution is -2.26. The summed E-state index contributed by atoms with van der Waals surface area (Å²) in [4.78, 5) is 50.7. The smallest absolute Gasteiger partial charge is 0.220 e. The number of ether oxygens (including phenoxy) is 6. The summed E-state index contributed by atoms with van der Waals surface area (Å²) in [7, 11) is 8.83. The average molecular weight is 1410 g/mol. The zero-order valence-corrected chi connectivity index (χ0v) is 58.7. The largest absolute Gasteiger partial charge is 0.502 e. The molecule has 0 aliphatic heterocycles. The molecular formula is C81H84F4N6O12. The molecule has 22 heteroatoms. The summed E-state index contributed by atoms with van der Waals surface area (Å²) < 4.78 is 88.6. The van der Waals surface area contributed by atoms with Gasteiger partial charge in [0.25, 0.3) is 0 Å². The van der Waals surface area contributed by atoms with Crippen molar-refractivity contribution in [3.8, 4) is 51.7 Å². The van der Waals surface area contributed by atoms with Crippen LogP contribution in [0.2, 0.25) is 0 Å². The molecule has 0 spiro atoms. The number of carbonyl (C=O) groups excluding carboxylic acids is 3. The van der Waals surface area contributed by atoms with E-state index >= 15 is 0 Å². The lowest BCUT2D eigenvalue weighted by Gasteiger charge is -2.22. The molecule has 0 fully saturated rings. The number of amides is 3. The Balaban J connectivity index is 0.000000166. The standard InChI is InChI=1S/C27H28F2N2O4.C27H27FN2O4.C27H29FN2O4/c1-15-18(7-17-8-24(34-2)27(33)25(9-17)35-3)20-10-22(28)23(29)11-21(20)19(15)12-26(32)31-14-16-5-4-6-30-13-16;1-16-21(9-18-10-24(33-2)27(32)25(11-18)34-3)20-7-6-19(28)12-23(20)22(16)13-26(31)30-15-17-5-4-8-29-14-17;1-16-21(10-17-11-24(33-2)27(32)25(12-17)34-3)20-8-7-18(28)13-23(20)22(16)14-26(31)30-15-19-6-4-5-9-29-19/h4-6,8-11,13,15,18-19,33H,7,12,14H2,1-3H3,(H,31,32);4-12,14,16,22,32H,13,15H2,1-3H3,(H,30,31);4-9,11-13,16,21-22,32H,10,14-15H2,1-3H3,(H,30,31)/b;21-9-;. The van der Waals surface area contributed by atoms with Crippen LogP contribution in [0.25, 0.3) is 11.6 Å². The minimum Gasteiger partial charge on any atom is -0.502 e. The van der Waals surface area contributed by atoms with Gasteiger partial charge < -0.3 is 59.7 Å². The van der Waals surface area contributed by atoms with Gasteiger partial charge in [-0.25, -0.2) is 17.6 Å². The molecule has 0 bridgehead atoms. The van der Waals surface area contributed by atoms with Gasteiger partial charge in [0.15, 0.2) is 46.1 Å². The SMILES string of the molecule is COc1cc(/C=C2\c3ccc(F)cc3C(CC(=O)NCc3cccnc3)C2C)cc(OC)c1O.COc1cc(CC2c3cc(F)c(F)cc3C(CC(=O)NCc3cccnc3)C2C)cc(OC)c1O.COc1cc(CC2c3ccc(F)cc3C(CC(=O)NCc3ccccn3)C2C)cc(OC)c1O. The number of aromatic hydroxyl groups is 3. The van der Waals surface area contributed by atoms with Gasteiger partial charge in [-0.1, -0.05) is 57.2 Å². The van der Waals surface area contributed by atoms with Crippen molar-refractivity contribution >= 4 is 29.4 Å². The van der Waals surface area contributed by atoms with Gasteiger partial charge in [-0.15, -0.1) is 0 Å². The van der Waals surface area contributed by atoms with Gasteiger partial charge in [0.05, 0.1) is 54.9 Å². The van der Waals surface area contributed by atoms with Gasteiger partial charge in [0, 0.05) is 63.3 Å². The van der Waals surface area contributed by atoms with Crippen LogP contribution in [-0.2, 0) is 46.9 Å². The van der Waals surface area contributed by atoms with Crippen LogP contribution in [0.5, 0.6) is 51.7 Å². The van der Waals surface area contributed by atoms with Crippen molar-refractivity contribution in [3.05, 3.63) is 249 Å². The second-order valence-corrected chi connectivity index (χ2v) is 25.9. The average Bonchev–Trinajstić information content (AvgIpc) is 1.64. The van der Waals surface area contributed by atoms with Crippen molar-refractivity contribution in [2.24, 2.45) is 17.8 Å². The van der Waals surface area contributed by atoms with Crippen molar-refractivity contribution in [2.75, 3.05) is 42.7 Å². The second-order valence-electron chi connectivity index (χ2n) is 25.9. The highest BCUT2D eigenvalue weighted by molar-refractivity contribution is 5.90. The molecule has 538 valence electrons. The van der Waals surface area contributed by atoms with Gasteiger partial charge in [-0.05, 0) is 224 Å². The zero-order chi connectivity index (χ0) is 73.6. The molecule has 6 N–H and O–H groups in total. The van der Waals surface area contributed by atoms with Gasteiger partial charge >= 0.3 is 0 Å². The first-order valence-corrected chi connectivity index (χ1v) is 33.7. The van der Waals surface area contributed by atoms with Crippen molar-refractivity contribution in [1.82, 2.24) is 30.9 Å². The van der Waals surface area contributed by atoms with Crippen molar-refractivity contribution in [3.63, 3.8) is 0 Å². The number of carbonyl (C=O) groups is 3. The first-order chi connectivity index (χ1) is 49.6. The molecule has 12 rings (SSSR count). The number of benzene rings is 6. The fourth-order valence-corrected chi connectivity index (χ4v) is 14.4. The van der Waals surface area contributed by atoms with Crippen LogP contribution in [0.15, 0.2) is 158 Å². The number of halogens is 4. The summed E-state index contributed by atoms with van der Waals surface area (Å²) >= 11 is 0. The number of phenols is 3. The predicted molar refractivity (Wildman–Crippen MR) is 381 cm³/mol. The minimum atomic E-state index is -0.926. The first-order valence-electron chi connectivity index (χ1n) is 33.7. The van der Waals surface area contributed by atoms with Gasteiger partial charge in [-0.3, -0.25) is 29.3 Å². The molecule has 3 aliphatic rings. The van der Waals surface area contributed by atoms with Crippen LogP contribution in [0.1, 0.15) is 137 Å². The molecule has 3 heterocycles. The minimum absolute atomic E-state index is 0.0354. The van der Waals surface area contributed by atoms with Crippen LogP contribution in [0, 0.1) is 41.0 Å². The maximum absolute atomic E-state index is 14.3. The molecule has 3 aliphatic carbocycles. The number of aromatic nitrogens is 3. The molecule has 3 amide bonds. The normalized spacial score (nSPS) is 18.5. The van der Waals surface area contributed by atoms with E-state index in [4.69, 9.17) is 28.4 Å². The van der Waals surface area contributed by atoms with Crippen LogP contribution < -0.4 is 44.4 Å². The molecule has 6 aromatic carbocycles. The van der Waals surface area contributed by atoms with Crippen LogP contribution >= 0.6 is 0 Å². The number of nitrogens with one attached hydrogen (secondary N) is 3. The van der Waals surface area contributed by atoms with E-state index in [0.29, 0.717) is 66.6 Å². The number of rotatable bonds is 23.